The zero-order chi connectivity index (χ0) is 12.4. The second-order valence-corrected chi connectivity index (χ2v) is 4.57. The van der Waals surface area contributed by atoms with Gasteiger partial charge in [0.25, 0.3) is 0 Å². The molecule has 0 radical (unpaired) electrons. The number of aldehydes is 1. The molecular weight excluding hydrogens is 232 g/mol. The maximum Gasteiger partial charge on any atom is 0.150 e. The SMILES string of the molecule is Cc1cc(Cl)c(-c2cccc(C=O)c2)cc1C. The number of aryl methyl sites for hydroxylation is 2. The second-order valence-electron chi connectivity index (χ2n) is 4.16. The summed E-state index contributed by atoms with van der Waals surface area (Å²) < 4.78 is 0. The van der Waals surface area contributed by atoms with Gasteiger partial charge >= 0.3 is 0 Å². The predicted molar refractivity (Wildman–Crippen MR) is 71.7 cm³/mol. The van der Waals surface area contributed by atoms with Crippen molar-refractivity contribution in [3.05, 3.63) is 58.1 Å². The average molecular weight is 245 g/mol. The lowest BCUT2D eigenvalue weighted by Gasteiger charge is -2.09. The number of hydrogen-bond acceptors (Lipinski definition) is 1. The summed E-state index contributed by atoms with van der Waals surface area (Å²) in [4.78, 5) is 10.8. The van der Waals surface area contributed by atoms with E-state index >= 15 is 0 Å². The van der Waals surface area contributed by atoms with E-state index in [0.29, 0.717) is 5.56 Å². The number of carbonyl (C=O) groups excluding carboxylic acids is 1. The van der Waals surface area contributed by atoms with Crippen LogP contribution in [0, 0.1) is 13.8 Å². The van der Waals surface area contributed by atoms with E-state index in [9.17, 15) is 4.79 Å². The lowest BCUT2D eigenvalue weighted by Crippen LogP contribution is -1.87. The molecule has 0 saturated carbocycles. The van der Waals surface area contributed by atoms with Crippen molar-refractivity contribution in [1.82, 2.24) is 0 Å². The molecule has 0 N–H and O–H groups in total. The van der Waals surface area contributed by atoms with Crippen LogP contribution in [-0.2, 0) is 0 Å². The predicted octanol–water partition coefficient (Wildman–Crippen LogP) is 4.44. The molecule has 1 nitrogen and oxygen atoms in total. The van der Waals surface area contributed by atoms with Crippen molar-refractivity contribution in [2.75, 3.05) is 0 Å². The normalized spacial score (nSPS) is 10.3. The van der Waals surface area contributed by atoms with Gasteiger partial charge in [-0.15, -0.1) is 0 Å². The molecule has 0 aliphatic heterocycles. The monoisotopic (exact) mass is 244 g/mol. The van der Waals surface area contributed by atoms with Crippen molar-refractivity contribution in [2.24, 2.45) is 0 Å². The van der Waals surface area contributed by atoms with Gasteiger partial charge in [-0.1, -0.05) is 29.8 Å². The van der Waals surface area contributed by atoms with Gasteiger partial charge in [-0.3, -0.25) is 4.79 Å². The summed E-state index contributed by atoms with van der Waals surface area (Å²) in [5.74, 6) is 0. The second kappa shape index (κ2) is 4.72. The fourth-order valence-electron chi connectivity index (χ4n) is 1.78. The van der Waals surface area contributed by atoms with Gasteiger partial charge in [0.2, 0.25) is 0 Å². The Morgan fingerprint density at radius 2 is 1.76 bits per heavy atom. The molecule has 0 aliphatic carbocycles. The van der Waals surface area contributed by atoms with Crippen LogP contribution in [0.15, 0.2) is 36.4 Å². The molecule has 0 bridgehead atoms. The molecule has 17 heavy (non-hydrogen) atoms. The van der Waals surface area contributed by atoms with Crippen molar-refractivity contribution in [3.8, 4) is 11.1 Å². The maximum atomic E-state index is 10.8. The molecule has 0 aliphatic rings. The smallest absolute Gasteiger partial charge is 0.150 e. The molecule has 2 aromatic rings. The summed E-state index contributed by atoms with van der Waals surface area (Å²) in [6.07, 6.45) is 0.846. The summed E-state index contributed by atoms with van der Waals surface area (Å²) in [5, 5.41) is 0.719. The molecule has 2 aromatic carbocycles. The van der Waals surface area contributed by atoms with E-state index in [-0.39, 0.29) is 0 Å². The minimum Gasteiger partial charge on any atom is -0.298 e. The quantitative estimate of drug-likeness (QED) is 0.714. The number of hydrogen-bond donors (Lipinski definition) is 0. The first-order valence-corrected chi connectivity index (χ1v) is 5.82. The van der Waals surface area contributed by atoms with Crippen LogP contribution in [-0.4, -0.2) is 6.29 Å². The molecular formula is C15H13ClO. The zero-order valence-electron chi connectivity index (χ0n) is 9.83. The van der Waals surface area contributed by atoms with E-state index in [1.165, 1.54) is 11.1 Å². The van der Waals surface area contributed by atoms with Gasteiger partial charge in [-0.25, -0.2) is 0 Å². The maximum absolute atomic E-state index is 10.8. The summed E-state index contributed by atoms with van der Waals surface area (Å²) in [6, 6.07) is 11.5. The van der Waals surface area contributed by atoms with Gasteiger partial charge in [0.1, 0.15) is 6.29 Å². The highest BCUT2D eigenvalue weighted by atomic mass is 35.5. The van der Waals surface area contributed by atoms with Crippen LogP contribution in [0.1, 0.15) is 21.5 Å². The summed E-state index contributed by atoms with van der Waals surface area (Å²) >= 11 is 6.24. The lowest BCUT2D eigenvalue weighted by atomic mass is 9.99. The van der Waals surface area contributed by atoms with Crippen molar-refractivity contribution in [1.29, 1.82) is 0 Å². The molecule has 0 aromatic heterocycles. The minimum atomic E-state index is 0.664. The van der Waals surface area contributed by atoms with Gasteiger partial charge < -0.3 is 0 Å². The Hall–Kier alpha value is -1.60. The fraction of sp³-hybridized carbons (Fsp3) is 0.133. The molecule has 0 unspecified atom stereocenters. The first-order valence-electron chi connectivity index (χ1n) is 5.44. The molecule has 0 saturated heterocycles. The topological polar surface area (TPSA) is 17.1 Å². The molecule has 0 atom stereocenters. The van der Waals surface area contributed by atoms with Crippen LogP contribution in [0.3, 0.4) is 0 Å². The number of halogens is 1. The third-order valence-corrected chi connectivity index (χ3v) is 3.23. The minimum absolute atomic E-state index is 0.664. The largest absolute Gasteiger partial charge is 0.298 e. The first kappa shape index (κ1) is 11.9. The third kappa shape index (κ3) is 2.40. The van der Waals surface area contributed by atoms with Crippen LogP contribution in [0.2, 0.25) is 5.02 Å². The van der Waals surface area contributed by atoms with E-state index in [1.807, 2.05) is 31.2 Å². The number of rotatable bonds is 2. The van der Waals surface area contributed by atoms with Gasteiger partial charge in [0, 0.05) is 16.1 Å². The van der Waals surface area contributed by atoms with Crippen LogP contribution in [0.4, 0.5) is 0 Å². The van der Waals surface area contributed by atoms with Crippen molar-refractivity contribution in [2.45, 2.75) is 13.8 Å². The average Bonchev–Trinajstić information content (AvgIpc) is 2.34. The van der Waals surface area contributed by atoms with Gasteiger partial charge in [0.15, 0.2) is 0 Å². The molecule has 2 rings (SSSR count). The highest BCUT2D eigenvalue weighted by Gasteiger charge is 2.06. The standard InChI is InChI=1S/C15H13ClO/c1-10-6-14(15(16)7-11(10)2)13-5-3-4-12(8-13)9-17/h3-9H,1-2H3. The van der Waals surface area contributed by atoms with Crippen molar-refractivity contribution in [3.63, 3.8) is 0 Å². The van der Waals surface area contributed by atoms with Gasteiger partial charge in [-0.05, 0) is 48.7 Å². The summed E-state index contributed by atoms with van der Waals surface area (Å²) in [5.41, 5.74) is 4.98. The Balaban J connectivity index is 2.59. The fourth-order valence-corrected chi connectivity index (χ4v) is 2.11. The van der Waals surface area contributed by atoms with E-state index in [0.717, 1.165) is 22.4 Å². The highest BCUT2D eigenvalue weighted by Crippen LogP contribution is 2.30. The molecule has 0 heterocycles. The molecule has 86 valence electrons. The highest BCUT2D eigenvalue weighted by molar-refractivity contribution is 6.33. The molecule has 0 spiro atoms. The molecule has 2 heteroatoms. The van der Waals surface area contributed by atoms with Crippen molar-refractivity contribution < 1.29 is 4.79 Å². The van der Waals surface area contributed by atoms with E-state index in [1.54, 1.807) is 6.07 Å². The zero-order valence-corrected chi connectivity index (χ0v) is 10.6. The van der Waals surface area contributed by atoms with Gasteiger partial charge in [-0.2, -0.15) is 0 Å². The van der Waals surface area contributed by atoms with E-state index in [4.69, 9.17) is 11.6 Å². The summed E-state index contributed by atoms with van der Waals surface area (Å²) in [7, 11) is 0. The Morgan fingerprint density at radius 3 is 2.47 bits per heavy atom. The van der Waals surface area contributed by atoms with Crippen LogP contribution in [0.5, 0.6) is 0 Å². The third-order valence-electron chi connectivity index (χ3n) is 2.92. The summed E-state index contributed by atoms with van der Waals surface area (Å²) in [6.45, 7) is 4.09. The van der Waals surface area contributed by atoms with Crippen molar-refractivity contribution >= 4 is 17.9 Å². The Bertz CT molecular complexity index is 573. The van der Waals surface area contributed by atoms with Crippen LogP contribution < -0.4 is 0 Å². The van der Waals surface area contributed by atoms with Crippen LogP contribution in [0.25, 0.3) is 11.1 Å². The molecule has 0 amide bonds. The first-order chi connectivity index (χ1) is 8.11. The number of benzene rings is 2. The van der Waals surface area contributed by atoms with Crippen LogP contribution >= 0.6 is 11.6 Å². The lowest BCUT2D eigenvalue weighted by molar-refractivity contribution is 0.112. The van der Waals surface area contributed by atoms with Gasteiger partial charge in [0.05, 0.1) is 0 Å². The Labute approximate surface area is 106 Å². The Morgan fingerprint density at radius 1 is 1.06 bits per heavy atom. The van der Waals surface area contributed by atoms with E-state index in [2.05, 4.69) is 13.0 Å². The number of carbonyl (C=O) groups is 1. The molecule has 0 fully saturated rings. The Kier molecular flexibility index (Phi) is 3.30. The van der Waals surface area contributed by atoms with E-state index < -0.39 is 0 Å².